The monoisotopic (exact) mass is 311 g/mol. The van der Waals surface area contributed by atoms with E-state index in [9.17, 15) is 4.79 Å². The summed E-state index contributed by atoms with van der Waals surface area (Å²) in [6.45, 7) is 6.04. The van der Waals surface area contributed by atoms with Crippen LogP contribution < -0.4 is 5.32 Å². The Balaban J connectivity index is 2.26. The number of aromatic nitrogens is 1. The highest BCUT2D eigenvalue weighted by molar-refractivity contribution is 9.10. The SMILES string of the molecule is CNc1ncc(Br)cc1C(=O)N1CC(C)C(C)C1. The molecule has 1 aromatic rings. The van der Waals surface area contributed by atoms with E-state index in [0.717, 1.165) is 17.6 Å². The van der Waals surface area contributed by atoms with E-state index in [1.54, 1.807) is 13.2 Å². The number of amides is 1. The number of anilines is 1. The number of nitrogens with zero attached hydrogens (tertiary/aromatic N) is 2. The minimum absolute atomic E-state index is 0.0596. The third-order valence-electron chi connectivity index (χ3n) is 3.60. The first-order valence-electron chi connectivity index (χ1n) is 6.15. The van der Waals surface area contributed by atoms with Gasteiger partial charge in [-0.15, -0.1) is 0 Å². The average Bonchev–Trinajstić information content (AvgIpc) is 2.68. The Morgan fingerprint density at radius 3 is 2.61 bits per heavy atom. The van der Waals surface area contributed by atoms with Gasteiger partial charge in [0, 0.05) is 30.8 Å². The second-order valence-electron chi connectivity index (χ2n) is 4.96. The molecular formula is C13H18BrN3O. The quantitative estimate of drug-likeness (QED) is 0.913. The Hall–Kier alpha value is -1.10. The van der Waals surface area contributed by atoms with Crippen LogP contribution in [0, 0.1) is 11.8 Å². The van der Waals surface area contributed by atoms with Crippen molar-refractivity contribution in [3.05, 3.63) is 22.3 Å². The molecule has 2 rings (SSSR count). The van der Waals surface area contributed by atoms with E-state index in [4.69, 9.17) is 0 Å². The zero-order valence-corrected chi connectivity index (χ0v) is 12.5. The van der Waals surface area contributed by atoms with E-state index in [-0.39, 0.29) is 5.91 Å². The first-order chi connectivity index (χ1) is 8.52. The van der Waals surface area contributed by atoms with Crippen LogP contribution in [0.2, 0.25) is 0 Å². The van der Waals surface area contributed by atoms with Crippen molar-refractivity contribution in [1.82, 2.24) is 9.88 Å². The predicted molar refractivity (Wildman–Crippen MR) is 75.7 cm³/mol. The lowest BCUT2D eigenvalue weighted by Gasteiger charge is -2.17. The average molecular weight is 312 g/mol. The Labute approximate surface area is 116 Å². The van der Waals surface area contributed by atoms with Crippen LogP contribution in [0.4, 0.5) is 5.82 Å². The molecule has 0 radical (unpaired) electrons. The lowest BCUT2D eigenvalue weighted by Crippen LogP contribution is -2.29. The largest absolute Gasteiger partial charge is 0.372 e. The Kier molecular flexibility index (Phi) is 3.90. The van der Waals surface area contributed by atoms with E-state index in [2.05, 4.69) is 40.1 Å². The number of pyridine rings is 1. The molecular weight excluding hydrogens is 294 g/mol. The van der Waals surface area contributed by atoms with Crippen molar-refractivity contribution in [2.75, 3.05) is 25.5 Å². The van der Waals surface area contributed by atoms with Gasteiger partial charge in [0.25, 0.3) is 5.91 Å². The maximum atomic E-state index is 12.5. The molecule has 2 unspecified atom stereocenters. The molecule has 5 heteroatoms. The first-order valence-corrected chi connectivity index (χ1v) is 6.94. The minimum atomic E-state index is 0.0596. The summed E-state index contributed by atoms with van der Waals surface area (Å²) in [6, 6.07) is 1.83. The molecule has 1 aliphatic rings. The number of hydrogen-bond donors (Lipinski definition) is 1. The topological polar surface area (TPSA) is 45.2 Å². The first kappa shape index (κ1) is 13.3. The molecule has 1 saturated heterocycles. The summed E-state index contributed by atoms with van der Waals surface area (Å²) < 4.78 is 0.824. The molecule has 1 amide bonds. The highest BCUT2D eigenvalue weighted by atomic mass is 79.9. The maximum Gasteiger partial charge on any atom is 0.257 e. The lowest BCUT2D eigenvalue weighted by molar-refractivity contribution is 0.0785. The number of carbonyl (C=O) groups is 1. The number of likely N-dealkylation sites (tertiary alicyclic amines) is 1. The maximum absolute atomic E-state index is 12.5. The molecule has 0 spiro atoms. The molecule has 98 valence electrons. The number of nitrogens with one attached hydrogen (secondary N) is 1. The molecule has 1 N–H and O–H groups in total. The third kappa shape index (κ3) is 2.51. The van der Waals surface area contributed by atoms with Crippen LogP contribution >= 0.6 is 15.9 Å². The zero-order chi connectivity index (χ0) is 13.3. The normalized spacial score (nSPS) is 23.2. The van der Waals surface area contributed by atoms with Gasteiger partial charge in [-0.05, 0) is 33.8 Å². The second-order valence-corrected chi connectivity index (χ2v) is 5.88. The highest BCUT2D eigenvalue weighted by Gasteiger charge is 2.31. The third-order valence-corrected chi connectivity index (χ3v) is 4.03. The van der Waals surface area contributed by atoms with Crippen molar-refractivity contribution in [3.63, 3.8) is 0 Å². The fourth-order valence-corrected chi connectivity index (χ4v) is 2.60. The number of rotatable bonds is 2. The summed E-state index contributed by atoms with van der Waals surface area (Å²) in [5.74, 6) is 1.82. The molecule has 1 fully saturated rings. The van der Waals surface area contributed by atoms with E-state index in [1.807, 2.05) is 11.0 Å². The Bertz CT molecular complexity index is 454. The van der Waals surface area contributed by atoms with Gasteiger partial charge in [0.05, 0.1) is 5.56 Å². The fraction of sp³-hybridized carbons (Fsp3) is 0.538. The molecule has 0 aliphatic carbocycles. The minimum Gasteiger partial charge on any atom is -0.372 e. The van der Waals surface area contributed by atoms with Gasteiger partial charge >= 0.3 is 0 Å². The summed E-state index contributed by atoms with van der Waals surface area (Å²) in [7, 11) is 1.78. The van der Waals surface area contributed by atoms with Crippen molar-refractivity contribution in [2.24, 2.45) is 11.8 Å². The zero-order valence-electron chi connectivity index (χ0n) is 10.9. The fourth-order valence-electron chi connectivity index (χ4n) is 2.27. The highest BCUT2D eigenvalue weighted by Crippen LogP contribution is 2.26. The lowest BCUT2D eigenvalue weighted by atomic mass is 10.0. The van der Waals surface area contributed by atoms with Crippen molar-refractivity contribution in [2.45, 2.75) is 13.8 Å². The molecule has 1 aliphatic heterocycles. The van der Waals surface area contributed by atoms with Gasteiger partial charge in [0.1, 0.15) is 5.82 Å². The van der Waals surface area contributed by atoms with Gasteiger partial charge in [-0.25, -0.2) is 4.98 Å². The Morgan fingerprint density at radius 1 is 1.44 bits per heavy atom. The van der Waals surface area contributed by atoms with Crippen LogP contribution in [-0.2, 0) is 0 Å². The molecule has 2 atom stereocenters. The van der Waals surface area contributed by atoms with Gasteiger partial charge in [0.15, 0.2) is 0 Å². The number of carbonyl (C=O) groups excluding carboxylic acids is 1. The van der Waals surface area contributed by atoms with E-state index in [1.165, 1.54) is 0 Å². The van der Waals surface area contributed by atoms with Gasteiger partial charge in [-0.2, -0.15) is 0 Å². The van der Waals surface area contributed by atoms with Gasteiger partial charge in [-0.1, -0.05) is 13.8 Å². The van der Waals surface area contributed by atoms with Crippen molar-refractivity contribution in [3.8, 4) is 0 Å². The van der Waals surface area contributed by atoms with Crippen molar-refractivity contribution >= 4 is 27.7 Å². The smallest absolute Gasteiger partial charge is 0.257 e. The summed E-state index contributed by atoms with van der Waals surface area (Å²) in [4.78, 5) is 18.6. The van der Waals surface area contributed by atoms with Gasteiger partial charge in [0.2, 0.25) is 0 Å². The van der Waals surface area contributed by atoms with E-state index in [0.29, 0.717) is 23.2 Å². The number of hydrogen-bond acceptors (Lipinski definition) is 3. The van der Waals surface area contributed by atoms with Crippen LogP contribution in [-0.4, -0.2) is 35.9 Å². The number of halogens is 1. The summed E-state index contributed by atoms with van der Waals surface area (Å²) in [5.41, 5.74) is 0.633. The van der Waals surface area contributed by atoms with Gasteiger partial charge in [-0.3, -0.25) is 4.79 Å². The Morgan fingerprint density at radius 2 is 2.06 bits per heavy atom. The molecule has 18 heavy (non-hydrogen) atoms. The summed E-state index contributed by atoms with van der Waals surface area (Å²) >= 11 is 3.37. The van der Waals surface area contributed by atoms with E-state index >= 15 is 0 Å². The van der Waals surface area contributed by atoms with E-state index < -0.39 is 0 Å². The molecule has 4 nitrogen and oxygen atoms in total. The van der Waals surface area contributed by atoms with Crippen LogP contribution in [0.15, 0.2) is 16.7 Å². The molecule has 0 aromatic carbocycles. The standard InChI is InChI=1S/C13H18BrN3O/c1-8-6-17(7-9(8)2)13(18)11-4-10(14)5-16-12(11)15-3/h4-5,8-9H,6-7H2,1-3H3,(H,15,16). The molecule has 2 heterocycles. The molecule has 1 aromatic heterocycles. The predicted octanol–water partition coefficient (Wildman–Crippen LogP) is 2.61. The van der Waals surface area contributed by atoms with Gasteiger partial charge < -0.3 is 10.2 Å². The van der Waals surface area contributed by atoms with Crippen LogP contribution in [0.1, 0.15) is 24.2 Å². The summed E-state index contributed by atoms with van der Waals surface area (Å²) in [5, 5.41) is 2.97. The molecule has 0 bridgehead atoms. The van der Waals surface area contributed by atoms with Crippen molar-refractivity contribution in [1.29, 1.82) is 0 Å². The van der Waals surface area contributed by atoms with Crippen LogP contribution in [0.25, 0.3) is 0 Å². The second kappa shape index (κ2) is 5.26. The van der Waals surface area contributed by atoms with Crippen LogP contribution in [0.3, 0.4) is 0 Å². The summed E-state index contributed by atoms with van der Waals surface area (Å²) in [6.07, 6.45) is 1.69. The molecule has 0 saturated carbocycles. The van der Waals surface area contributed by atoms with Crippen LogP contribution in [0.5, 0.6) is 0 Å². The van der Waals surface area contributed by atoms with Crippen molar-refractivity contribution < 1.29 is 4.79 Å².